The van der Waals surface area contributed by atoms with E-state index in [1.807, 2.05) is 19.1 Å². The number of hydrogen-bond donors (Lipinski definition) is 0. The lowest BCUT2D eigenvalue weighted by Crippen LogP contribution is -2.03. The van der Waals surface area contributed by atoms with Crippen molar-refractivity contribution in [3.63, 3.8) is 0 Å². The molecular weight excluding hydrogens is 212 g/mol. The van der Waals surface area contributed by atoms with Gasteiger partial charge < -0.3 is 4.74 Å². The molecule has 15 heavy (non-hydrogen) atoms. The third-order valence-corrected chi connectivity index (χ3v) is 3.01. The van der Waals surface area contributed by atoms with E-state index in [-0.39, 0.29) is 11.9 Å². The Hall–Kier alpha value is -1.02. The van der Waals surface area contributed by atoms with Crippen molar-refractivity contribution in [1.29, 1.82) is 0 Å². The lowest BCUT2D eigenvalue weighted by Gasteiger charge is -2.02. The van der Waals surface area contributed by atoms with Gasteiger partial charge in [-0.05, 0) is 42.5 Å². The van der Waals surface area contributed by atoms with Crippen molar-refractivity contribution < 1.29 is 9.53 Å². The third kappa shape index (κ3) is 2.15. The van der Waals surface area contributed by atoms with Gasteiger partial charge in [0.2, 0.25) is 0 Å². The summed E-state index contributed by atoms with van der Waals surface area (Å²) in [6.07, 6.45) is 0.881. The molecule has 0 N–H and O–H groups in total. The first-order valence-corrected chi connectivity index (χ1v) is 5.34. The zero-order chi connectivity index (χ0) is 11.0. The fourth-order valence-corrected chi connectivity index (χ4v) is 2.25. The molecule has 0 spiro atoms. The first-order chi connectivity index (χ1) is 7.11. The predicted octanol–water partition coefficient (Wildman–Crippen LogP) is 2.92. The number of rotatable bonds is 2. The molecule has 0 unspecified atom stereocenters. The van der Waals surface area contributed by atoms with E-state index < -0.39 is 0 Å². The molecule has 0 bridgehead atoms. The van der Waals surface area contributed by atoms with Gasteiger partial charge in [0.1, 0.15) is 0 Å². The highest BCUT2D eigenvalue weighted by Crippen LogP contribution is 2.48. The van der Waals surface area contributed by atoms with E-state index in [1.165, 1.54) is 7.11 Å². The lowest BCUT2D eigenvalue weighted by molar-refractivity contribution is -0.142. The zero-order valence-electron chi connectivity index (χ0n) is 8.79. The van der Waals surface area contributed by atoms with E-state index in [1.54, 1.807) is 0 Å². The van der Waals surface area contributed by atoms with Crippen LogP contribution in [0.25, 0.3) is 0 Å². The fraction of sp³-hybridized carbons (Fsp3) is 0.417. The van der Waals surface area contributed by atoms with Gasteiger partial charge in [-0.25, -0.2) is 0 Å². The van der Waals surface area contributed by atoms with E-state index in [9.17, 15) is 4.79 Å². The molecule has 0 heterocycles. The Balaban J connectivity index is 2.16. The Bertz CT molecular complexity index is 380. The van der Waals surface area contributed by atoms with Gasteiger partial charge in [-0.3, -0.25) is 4.79 Å². The third-order valence-electron chi connectivity index (χ3n) is 2.79. The lowest BCUT2D eigenvalue weighted by atomic mass is 10.1. The Morgan fingerprint density at radius 1 is 1.47 bits per heavy atom. The van der Waals surface area contributed by atoms with Crippen LogP contribution in [0.1, 0.15) is 23.5 Å². The zero-order valence-corrected chi connectivity index (χ0v) is 9.54. The SMILES string of the molecule is COC(=O)[C@H]1C[C@@H]1c1cc(C)cc(Cl)c1. The van der Waals surface area contributed by atoms with Crippen LogP contribution < -0.4 is 0 Å². The van der Waals surface area contributed by atoms with E-state index >= 15 is 0 Å². The van der Waals surface area contributed by atoms with Crippen LogP contribution in [0, 0.1) is 12.8 Å². The second-order valence-corrected chi connectivity index (χ2v) is 4.47. The molecule has 1 aliphatic carbocycles. The van der Waals surface area contributed by atoms with Gasteiger partial charge in [-0.15, -0.1) is 0 Å². The second-order valence-electron chi connectivity index (χ2n) is 4.03. The number of carbonyl (C=O) groups excluding carboxylic acids is 1. The molecule has 1 aliphatic rings. The van der Waals surface area contributed by atoms with Gasteiger partial charge in [-0.2, -0.15) is 0 Å². The topological polar surface area (TPSA) is 26.3 Å². The van der Waals surface area contributed by atoms with Crippen LogP contribution in [0.15, 0.2) is 18.2 Å². The molecule has 2 atom stereocenters. The standard InChI is InChI=1S/C12H13ClO2/c1-7-3-8(5-9(13)4-7)10-6-11(10)12(14)15-2/h3-5,10-11H,6H2,1-2H3/t10-,11+/m1/s1. The van der Waals surface area contributed by atoms with Crippen LogP contribution in [-0.4, -0.2) is 13.1 Å². The van der Waals surface area contributed by atoms with Crippen molar-refractivity contribution in [3.05, 3.63) is 34.3 Å². The molecule has 1 fully saturated rings. The number of halogens is 1. The number of benzene rings is 1. The van der Waals surface area contributed by atoms with E-state index in [0.717, 1.165) is 22.6 Å². The fourth-order valence-electron chi connectivity index (χ4n) is 1.95. The number of esters is 1. The number of hydrogen-bond acceptors (Lipinski definition) is 2. The molecule has 0 aromatic heterocycles. The van der Waals surface area contributed by atoms with Crippen molar-refractivity contribution in [3.8, 4) is 0 Å². The number of ether oxygens (including phenoxy) is 1. The van der Waals surface area contributed by atoms with Crippen molar-refractivity contribution in [1.82, 2.24) is 0 Å². The van der Waals surface area contributed by atoms with Crippen molar-refractivity contribution >= 4 is 17.6 Å². The molecule has 80 valence electrons. The first-order valence-electron chi connectivity index (χ1n) is 4.96. The molecule has 3 heteroatoms. The highest BCUT2D eigenvalue weighted by molar-refractivity contribution is 6.30. The Morgan fingerprint density at radius 3 is 2.80 bits per heavy atom. The number of aryl methyl sites for hydroxylation is 1. The summed E-state index contributed by atoms with van der Waals surface area (Å²) < 4.78 is 4.71. The van der Waals surface area contributed by atoms with Gasteiger partial charge in [0.25, 0.3) is 0 Å². The van der Waals surface area contributed by atoms with Crippen LogP contribution in [0.2, 0.25) is 5.02 Å². The monoisotopic (exact) mass is 224 g/mol. The Labute approximate surface area is 94.2 Å². The molecule has 0 amide bonds. The highest BCUT2D eigenvalue weighted by atomic mass is 35.5. The maximum atomic E-state index is 11.3. The Kier molecular flexibility index (Phi) is 2.70. The predicted molar refractivity (Wildman–Crippen MR) is 59.1 cm³/mol. The van der Waals surface area contributed by atoms with E-state index in [4.69, 9.17) is 16.3 Å². The maximum Gasteiger partial charge on any atom is 0.309 e. The summed E-state index contributed by atoms with van der Waals surface area (Å²) in [6, 6.07) is 5.93. The van der Waals surface area contributed by atoms with Crippen LogP contribution >= 0.6 is 11.6 Å². The summed E-state index contributed by atoms with van der Waals surface area (Å²) in [4.78, 5) is 11.3. The second kappa shape index (κ2) is 3.86. The minimum Gasteiger partial charge on any atom is -0.469 e. The molecule has 0 saturated heterocycles. The molecule has 1 aromatic rings. The molecule has 1 saturated carbocycles. The summed E-state index contributed by atoms with van der Waals surface area (Å²) >= 11 is 5.97. The molecule has 2 rings (SSSR count). The summed E-state index contributed by atoms with van der Waals surface area (Å²) in [6.45, 7) is 2.00. The van der Waals surface area contributed by atoms with E-state index in [2.05, 4.69) is 6.07 Å². The van der Waals surface area contributed by atoms with E-state index in [0.29, 0.717) is 5.92 Å². The summed E-state index contributed by atoms with van der Waals surface area (Å²) in [5, 5.41) is 0.737. The van der Waals surface area contributed by atoms with Gasteiger partial charge in [-0.1, -0.05) is 17.7 Å². The van der Waals surface area contributed by atoms with Crippen LogP contribution in [0.5, 0.6) is 0 Å². The molecule has 0 aliphatic heterocycles. The summed E-state index contributed by atoms with van der Waals surface area (Å²) in [7, 11) is 1.43. The van der Waals surface area contributed by atoms with Crippen LogP contribution in [0.3, 0.4) is 0 Å². The van der Waals surface area contributed by atoms with Gasteiger partial charge in [0.15, 0.2) is 0 Å². The normalized spacial score (nSPS) is 23.7. The van der Waals surface area contributed by atoms with Crippen molar-refractivity contribution in [2.75, 3.05) is 7.11 Å². The Morgan fingerprint density at radius 2 is 2.20 bits per heavy atom. The van der Waals surface area contributed by atoms with Gasteiger partial charge in [0.05, 0.1) is 13.0 Å². The minimum absolute atomic E-state index is 0.0351. The number of methoxy groups -OCH3 is 1. The largest absolute Gasteiger partial charge is 0.469 e. The quantitative estimate of drug-likeness (QED) is 0.722. The highest BCUT2D eigenvalue weighted by Gasteiger charge is 2.44. The molecule has 0 radical (unpaired) electrons. The maximum absolute atomic E-state index is 11.3. The van der Waals surface area contributed by atoms with Crippen LogP contribution in [0.4, 0.5) is 0 Å². The average Bonchev–Trinajstić information content (AvgIpc) is 2.94. The van der Waals surface area contributed by atoms with Crippen molar-refractivity contribution in [2.45, 2.75) is 19.3 Å². The summed E-state index contributed by atoms with van der Waals surface area (Å²) in [5.74, 6) is 0.223. The average molecular weight is 225 g/mol. The molecule has 1 aromatic carbocycles. The summed E-state index contributed by atoms with van der Waals surface area (Å²) in [5.41, 5.74) is 2.28. The molecule has 2 nitrogen and oxygen atoms in total. The number of carbonyl (C=O) groups is 1. The van der Waals surface area contributed by atoms with Crippen molar-refractivity contribution in [2.24, 2.45) is 5.92 Å². The van der Waals surface area contributed by atoms with Gasteiger partial charge >= 0.3 is 5.97 Å². The first kappa shape index (κ1) is 10.5. The smallest absolute Gasteiger partial charge is 0.309 e. The minimum atomic E-state index is -0.113. The van der Waals surface area contributed by atoms with Crippen LogP contribution in [-0.2, 0) is 9.53 Å². The molecular formula is C12H13ClO2. The van der Waals surface area contributed by atoms with Gasteiger partial charge in [0, 0.05) is 5.02 Å².